The lowest BCUT2D eigenvalue weighted by Crippen LogP contribution is -2.56. The normalized spacial score (nSPS) is 17.0. The summed E-state index contributed by atoms with van der Waals surface area (Å²) in [5.74, 6) is -1.19. The van der Waals surface area contributed by atoms with Gasteiger partial charge in [-0.25, -0.2) is 17.5 Å². The van der Waals surface area contributed by atoms with Crippen molar-refractivity contribution in [1.82, 2.24) is 14.9 Å². The molecule has 0 aliphatic carbocycles. The number of hydrogen-bond donors (Lipinski definition) is 2. The highest BCUT2D eigenvalue weighted by Gasteiger charge is 2.35. The highest BCUT2D eigenvalue weighted by atomic mass is 32.2. The summed E-state index contributed by atoms with van der Waals surface area (Å²) in [6.45, 7) is 3.97. The average Bonchev–Trinajstić information content (AvgIpc) is 3.50. The zero-order valence-corrected chi connectivity index (χ0v) is 20.0. The Hall–Kier alpha value is -2.76. The van der Waals surface area contributed by atoms with Gasteiger partial charge in [0.05, 0.1) is 30.4 Å². The van der Waals surface area contributed by atoms with E-state index in [1.165, 1.54) is 11.2 Å². The first kappa shape index (κ1) is 25.9. The minimum atomic E-state index is -4.05. The Bertz CT molecular complexity index is 1050. The second kappa shape index (κ2) is 11.6. The van der Waals surface area contributed by atoms with Gasteiger partial charge < -0.3 is 19.4 Å². The van der Waals surface area contributed by atoms with Crippen molar-refractivity contribution in [2.45, 2.75) is 50.3 Å². The zero-order valence-electron chi connectivity index (χ0n) is 19.2. The molecule has 2 unspecified atom stereocenters. The second-order valence-electron chi connectivity index (χ2n) is 8.45. The fraction of sp³-hybridized carbons (Fsp3) is 0.478. The van der Waals surface area contributed by atoms with Crippen LogP contribution in [-0.4, -0.2) is 57.0 Å². The average molecular weight is 496 g/mol. The summed E-state index contributed by atoms with van der Waals surface area (Å²) < 4.78 is 51.5. The Morgan fingerprint density at radius 2 is 1.94 bits per heavy atom. The van der Waals surface area contributed by atoms with E-state index in [4.69, 9.17) is 9.15 Å². The summed E-state index contributed by atoms with van der Waals surface area (Å²) in [5.41, 5.74) is 0. The van der Waals surface area contributed by atoms with Crippen LogP contribution in [0.15, 0.2) is 52.0 Å². The number of furan rings is 1. The summed E-state index contributed by atoms with van der Waals surface area (Å²) in [7, 11) is -4.05. The van der Waals surface area contributed by atoms with Crippen LogP contribution in [0.1, 0.15) is 32.4 Å². The molecule has 2 heterocycles. The first-order valence-electron chi connectivity index (χ1n) is 11.1. The standard InChI is InChI=1S/C23H30FN3O6S/c1-16(2)22(23(29)25-13-18-5-3-11-32-18)27(15-19-6-4-12-33-19)21(28)14-26-34(30,31)20-9-7-17(24)8-10-20/h3,5,7-11,16,19,22,26H,4,6,12-15H2,1-2H3,(H,25,29). The van der Waals surface area contributed by atoms with Crippen molar-refractivity contribution in [3.8, 4) is 0 Å². The van der Waals surface area contributed by atoms with E-state index in [1.807, 2.05) is 13.8 Å². The van der Waals surface area contributed by atoms with Gasteiger partial charge in [0, 0.05) is 13.2 Å². The summed E-state index contributed by atoms with van der Waals surface area (Å²) in [6, 6.07) is 6.88. The van der Waals surface area contributed by atoms with E-state index in [0.717, 1.165) is 37.1 Å². The number of sulfonamides is 1. The Morgan fingerprint density at radius 1 is 1.21 bits per heavy atom. The SMILES string of the molecule is CC(C)C(C(=O)NCc1ccco1)N(CC1CCCO1)C(=O)CNS(=O)(=O)c1ccc(F)cc1. The van der Waals surface area contributed by atoms with Gasteiger partial charge in [0.2, 0.25) is 21.8 Å². The molecule has 1 aliphatic heterocycles. The maximum absolute atomic E-state index is 13.2. The number of ether oxygens (including phenoxy) is 1. The molecule has 0 bridgehead atoms. The predicted octanol–water partition coefficient (Wildman–Crippen LogP) is 2.05. The van der Waals surface area contributed by atoms with Crippen LogP contribution >= 0.6 is 0 Å². The van der Waals surface area contributed by atoms with Crippen LogP contribution in [0.2, 0.25) is 0 Å². The molecule has 9 nitrogen and oxygen atoms in total. The third kappa shape index (κ3) is 6.87. The van der Waals surface area contributed by atoms with E-state index >= 15 is 0 Å². The minimum Gasteiger partial charge on any atom is -0.467 e. The first-order chi connectivity index (χ1) is 16.2. The Morgan fingerprint density at radius 3 is 2.53 bits per heavy atom. The molecule has 34 heavy (non-hydrogen) atoms. The molecular formula is C23H30FN3O6S. The third-order valence-electron chi connectivity index (χ3n) is 5.53. The molecule has 0 spiro atoms. The molecule has 2 N–H and O–H groups in total. The summed E-state index contributed by atoms with van der Waals surface area (Å²) in [5, 5.41) is 2.79. The van der Waals surface area contributed by atoms with Crippen molar-refractivity contribution in [3.05, 3.63) is 54.2 Å². The van der Waals surface area contributed by atoms with Gasteiger partial charge in [0.1, 0.15) is 17.6 Å². The van der Waals surface area contributed by atoms with Crippen LogP contribution < -0.4 is 10.0 Å². The summed E-state index contributed by atoms with van der Waals surface area (Å²) in [6.07, 6.45) is 2.85. The molecule has 1 saturated heterocycles. The lowest BCUT2D eigenvalue weighted by molar-refractivity contribution is -0.143. The number of rotatable bonds is 11. The largest absolute Gasteiger partial charge is 0.467 e. The van der Waals surface area contributed by atoms with Gasteiger partial charge in [-0.3, -0.25) is 9.59 Å². The lowest BCUT2D eigenvalue weighted by Gasteiger charge is -2.35. The summed E-state index contributed by atoms with van der Waals surface area (Å²) in [4.78, 5) is 27.5. The third-order valence-corrected chi connectivity index (χ3v) is 6.95. The zero-order chi connectivity index (χ0) is 24.7. The maximum Gasteiger partial charge on any atom is 0.243 e. The molecule has 1 aromatic carbocycles. The smallest absolute Gasteiger partial charge is 0.243 e. The molecule has 0 saturated carbocycles. The molecule has 1 fully saturated rings. The molecule has 3 rings (SSSR count). The highest BCUT2D eigenvalue weighted by Crippen LogP contribution is 2.19. The van der Waals surface area contributed by atoms with Crippen molar-refractivity contribution in [2.24, 2.45) is 5.92 Å². The molecule has 0 radical (unpaired) electrons. The fourth-order valence-electron chi connectivity index (χ4n) is 3.83. The van der Waals surface area contributed by atoms with E-state index in [9.17, 15) is 22.4 Å². The van der Waals surface area contributed by atoms with Crippen LogP contribution in [0.25, 0.3) is 0 Å². The van der Waals surface area contributed by atoms with Gasteiger partial charge in [0.25, 0.3) is 0 Å². The van der Waals surface area contributed by atoms with E-state index < -0.39 is 34.3 Å². The van der Waals surface area contributed by atoms with Crippen molar-refractivity contribution < 1.29 is 31.6 Å². The van der Waals surface area contributed by atoms with Crippen LogP contribution in [0, 0.1) is 11.7 Å². The van der Waals surface area contributed by atoms with Crippen LogP contribution in [0.3, 0.4) is 0 Å². The van der Waals surface area contributed by atoms with E-state index in [0.29, 0.717) is 12.4 Å². The van der Waals surface area contributed by atoms with Gasteiger partial charge in [-0.05, 0) is 55.2 Å². The van der Waals surface area contributed by atoms with E-state index in [1.54, 1.807) is 12.1 Å². The van der Waals surface area contributed by atoms with Gasteiger partial charge in [-0.15, -0.1) is 0 Å². The molecule has 1 aromatic heterocycles. The van der Waals surface area contributed by atoms with Crippen LogP contribution in [-0.2, 0) is 30.9 Å². The monoisotopic (exact) mass is 495 g/mol. The summed E-state index contributed by atoms with van der Waals surface area (Å²) >= 11 is 0. The van der Waals surface area contributed by atoms with Crippen molar-refractivity contribution >= 4 is 21.8 Å². The van der Waals surface area contributed by atoms with E-state index in [-0.39, 0.29) is 35.9 Å². The first-order valence-corrected chi connectivity index (χ1v) is 12.6. The van der Waals surface area contributed by atoms with Gasteiger partial charge in [-0.2, -0.15) is 0 Å². The Labute approximate surface area is 198 Å². The lowest BCUT2D eigenvalue weighted by atomic mass is 10.00. The number of carbonyl (C=O) groups is 2. The van der Waals surface area contributed by atoms with Crippen molar-refractivity contribution in [2.75, 3.05) is 19.7 Å². The number of carbonyl (C=O) groups excluding carboxylic acids is 2. The topological polar surface area (TPSA) is 118 Å². The predicted molar refractivity (Wildman–Crippen MR) is 121 cm³/mol. The van der Waals surface area contributed by atoms with Crippen molar-refractivity contribution in [1.29, 1.82) is 0 Å². The molecule has 186 valence electrons. The minimum absolute atomic E-state index is 0.161. The van der Waals surface area contributed by atoms with Crippen LogP contribution in [0.4, 0.5) is 4.39 Å². The maximum atomic E-state index is 13.2. The Kier molecular flexibility index (Phi) is 8.81. The number of benzene rings is 1. The molecule has 11 heteroatoms. The number of nitrogens with one attached hydrogen (secondary N) is 2. The van der Waals surface area contributed by atoms with Gasteiger partial charge >= 0.3 is 0 Å². The number of amides is 2. The fourth-order valence-corrected chi connectivity index (χ4v) is 4.80. The van der Waals surface area contributed by atoms with E-state index in [2.05, 4.69) is 10.0 Å². The molecule has 2 aromatic rings. The number of halogens is 1. The molecule has 2 atom stereocenters. The molecule has 1 aliphatic rings. The molecular weight excluding hydrogens is 465 g/mol. The Balaban J connectivity index is 1.74. The van der Waals surface area contributed by atoms with Crippen LogP contribution in [0.5, 0.6) is 0 Å². The van der Waals surface area contributed by atoms with Gasteiger partial charge in [-0.1, -0.05) is 13.8 Å². The number of hydrogen-bond acceptors (Lipinski definition) is 6. The van der Waals surface area contributed by atoms with Gasteiger partial charge in [0.15, 0.2) is 0 Å². The second-order valence-corrected chi connectivity index (χ2v) is 10.2. The highest BCUT2D eigenvalue weighted by molar-refractivity contribution is 7.89. The quantitative estimate of drug-likeness (QED) is 0.493. The molecule has 2 amide bonds. The number of nitrogens with zero attached hydrogens (tertiary/aromatic N) is 1. The van der Waals surface area contributed by atoms with Crippen molar-refractivity contribution in [3.63, 3.8) is 0 Å².